The number of nitrogens with two attached hydrogens (primary N) is 1. The molecule has 1 aliphatic carbocycles. The summed E-state index contributed by atoms with van der Waals surface area (Å²) < 4.78 is 5.08. The van der Waals surface area contributed by atoms with Gasteiger partial charge in [-0.25, -0.2) is 9.78 Å². The molecular weight excluding hydrogens is 454 g/mol. The van der Waals surface area contributed by atoms with Crippen molar-refractivity contribution in [2.75, 3.05) is 18.2 Å². The number of nitrogens with zero attached hydrogens (tertiary/aromatic N) is 1. The quantitative estimate of drug-likeness (QED) is 0.440. The minimum Gasteiger partial charge on any atom is -0.465 e. The van der Waals surface area contributed by atoms with Crippen LogP contribution in [0.3, 0.4) is 0 Å². The molecule has 3 aromatic rings. The van der Waals surface area contributed by atoms with Gasteiger partial charge < -0.3 is 15.8 Å². The normalized spacial score (nSPS) is 16.0. The van der Waals surface area contributed by atoms with Crippen LogP contribution in [-0.2, 0) is 17.6 Å². The van der Waals surface area contributed by atoms with Gasteiger partial charge in [0.1, 0.15) is 14.7 Å². The highest BCUT2D eigenvalue weighted by Crippen LogP contribution is 2.45. The fourth-order valence-electron chi connectivity index (χ4n) is 4.63. The third kappa shape index (κ3) is 4.04. The number of nitrogen functional groups attached to an aromatic ring is 1. The van der Waals surface area contributed by atoms with Crippen molar-refractivity contribution in [1.29, 1.82) is 0 Å². The first-order chi connectivity index (χ1) is 15.4. The molecule has 176 valence electrons. The van der Waals surface area contributed by atoms with Gasteiger partial charge in [0, 0.05) is 16.0 Å². The second-order valence-electron chi connectivity index (χ2n) is 9.93. The first kappa shape index (κ1) is 23.7. The number of anilines is 2. The Kier molecular flexibility index (Phi) is 6.03. The number of amides is 1. The minimum absolute atomic E-state index is 0.184. The zero-order valence-corrected chi connectivity index (χ0v) is 21.9. The van der Waals surface area contributed by atoms with Crippen molar-refractivity contribution >= 4 is 55.5 Å². The predicted octanol–water partition coefficient (Wildman–Crippen LogP) is 6.06. The van der Waals surface area contributed by atoms with Crippen molar-refractivity contribution in [3.8, 4) is 0 Å². The average Bonchev–Trinajstić information content (AvgIpc) is 3.27. The summed E-state index contributed by atoms with van der Waals surface area (Å²) in [7, 11) is 1.38. The van der Waals surface area contributed by atoms with Crippen molar-refractivity contribution in [2.45, 2.75) is 60.8 Å². The molecule has 0 aliphatic heterocycles. The van der Waals surface area contributed by atoms with Crippen LogP contribution in [-0.4, -0.2) is 24.0 Å². The second kappa shape index (κ2) is 8.40. The molecule has 0 bridgehead atoms. The number of hydrogen-bond donors (Lipinski definition) is 2. The summed E-state index contributed by atoms with van der Waals surface area (Å²) in [5.74, 6) is -0.206. The third-order valence-corrected chi connectivity index (χ3v) is 9.26. The van der Waals surface area contributed by atoms with Crippen LogP contribution in [0.15, 0.2) is 0 Å². The van der Waals surface area contributed by atoms with Gasteiger partial charge in [0.2, 0.25) is 0 Å². The van der Waals surface area contributed by atoms with Gasteiger partial charge in [0.25, 0.3) is 5.91 Å². The summed E-state index contributed by atoms with van der Waals surface area (Å²) in [6, 6.07) is 0. The molecule has 1 amide bonds. The molecule has 4 rings (SSSR count). The number of fused-ring (bicyclic) bond motifs is 2. The Hall–Kier alpha value is -2.45. The van der Waals surface area contributed by atoms with Gasteiger partial charge in [-0.3, -0.25) is 4.79 Å². The number of aromatic nitrogens is 1. The number of nitrogens with one attached hydrogen (secondary N) is 1. The molecule has 0 aromatic carbocycles. The van der Waals surface area contributed by atoms with Crippen molar-refractivity contribution < 1.29 is 14.3 Å². The number of methoxy groups -OCH3 is 1. The zero-order valence-electron chi connectivity index (χ0n) is 20.3. The van der Waals surface area contributed by atoms with E-state index in [0.717, 1.165) is 56.7 Å². The number of ether oxygens (including phenoxy) is 1. The van der Waals surface area contributed by atoms with Crippen molar-refractivity contribution in [1.82, 2.24) is 4.98 Å². The minimum atomic E-state index is -0.412. The van der Waals surface area contributed by atoms with Gasteiger partial charge in [-0.2, -0.15) is 0 Å². The van der Waals surface area contributed by atoms with E-state index in [1.165, 1.54) is 29.8 Å². The van der Waals surface area contributed by atoms with E-state index < -0.39 is 5.97 Å². The van der Waals surface area contributed by atoms with Crippen LogP contribution in [0, 0.1) is 32.1 Å². The number of carbonyl (C=O) groups excluding carboxylic acids is 2. The highest BCUT2D eigenvalue weighted by Gasteiger charge is 2.34. The maximum absolute atomic E-state index is 13.3. The van der Waals surface area contributed by atoms with Crippen molar-refractivity contribution in [3.05, 3.63) is 37.7 Å². The Morgan fingerprint density at radius 3 is 2.48 bits per heavy atom. The summed E-state index contributed by atoms with van der Waals surface area (Å²) in [5.41, 5.74) is 11.6. The van der Waals surface area contributed by atoms with E-state index in [4.69, 9.17) is 10.5 Å². The number of pyridine rings is 1. The molecule has 33 heavy (non-hydrogen) atoms. The van der Waals surface area contributed by atoms with Crippen LogP contribution >= 0.6 is 22.7 Å². The number of thiophene rings is 2. The first-order valence-corrected chi connectivity index (χ1v) is 12.8. The number of hydrogen-bond acceptors (Lipinski definition) is 7. The molecule has 0 radical (unpaired) electrons. The summed E-state index contributed by atoms with van der Waals surface area (Å²) in [4.78, 5) is 33.0. The summed E-state index contributed by atoms with van der Waals surface area (Å²) in [6.07, 6.45) is 2.72. The smallest absolute Gasteiger partial charge is 0.341 e. The molecule has 0 fully saturated rings. The van der Waals surface area contributed by atoms with Gasteiger partial charge in [-0.15, -0.1) is 22.7 Å². The highest BCUT2D eigenvalue weighted by molar-refractivity contribution is 7.21. The van der Waals surface area contributed by atoms with Gasteiger partial charge in [-0.1, -0.05) is 20.8 Å². The van der Waals surface area contributed by atoms with Gasteiger partial charge >= 0.3 is 5.97 Å². The lowest BCUT2D eigenvalue weighted by molar-refractivity contribution is 0.0600. The van der Waals surface area contributed by atoms with E-state index in [1.54, 1.807) is 0 Å². The second-order valence-corrected chi connectivity index (χ2v) is 12.0. The predicted molar refractivity (Wildman–Crippen MR) is 137 cm³/mol. The lowest BCUT2D eigenvalue weighted by Crippen LogP contribution is -2.26. The topological polar surface area (TPSA) is 94.3 Å². The van der Waals surface area contributed by atoms with Crippen LogP contribution in [0.25, 0.3) is 10.2 Å². The monoisotopic (exact) mass is 485 g/mol. The Morgan fingerprint density at radius 1 is 1.15 bits per heavy atom. The summed E-state index contributed by atoms with van der Waals surface area (Å²) in [6.45, 7) is 12.7. The van der Waals surface area contributed by atoms with Crippen molar-refractivity contribution in [3.63, 3.8) is 0 Å². The molecule has 1 atom stereocenters. The number of carbonyl (C=O) groups is 2. The molecule has 1 aliphatic rings. The molecule has 8 heteroatoms. The summed E-state index contributed by atoms with van der Waals surface area (Å²) in [5, 5.41) is 4.36. The summed E-state index contributed by atoms with van der Waals surface area (Å²) >= 11 is 2.77. The Labute approximate surface area is 202 Å². The van der Waals surface area contributed by atoms with E-state index in [2.05, 4.69) is 31.1 Å². The van der Waals surface area contributed by atoms with Crippen LogP contribution in [0.2, 0.25) is 0 Å². The molecule has 0 spiro atoms. The van der Waals surface area contributed by atoms with Crippen LogP contribution < -0.4 is 11.1 Å². The van der Waals surface area contributed by atoms with Gasteiger partial charge in [0.05, 0.1) is 18.4 Å². The number of aryl methyl sites for hydroxylation is 2. The SMILES string of the molecule is COC(=O)c1c(NC(=O)c2sc3nc(C)c(C)c(C)c3c2N)sc2c1CCC(C(C)(C)C)C2. The van der Waals surface area contributed by atoms with E-state index in [9.17, 15) is 9.59 Å². The van der Waals surface area contributed by atoms with Crippen LogP contribution in [0.5, 0.6) is 0 Å². The molecule has 0 saturated heterocycles. The fourth-order valence-corrected chi connectivity index (χ4v) is 7.03. The Balaban J connectivity index is 1.73. The molecule has 0 saturated carbocycles. The molecule has 3 heterocycles. The standard InChI is InChI=1S/C25H31N3O3S2/c1-11-12(2)17-19(26)20(33-22(17)27-13(11)3)21(29)28-23-18(24(30)31-7)15-9-8-14(25(4,5)6)10-16(15)32-23/h14H,8-10,26H2,1-7H3,(H,28,29). The van der Waals surface area contributed by atoms with Crippen LogP contribution in [0.4, 0.5) is 10.7 Å². The zero-order chi connectivity index (χ0) is 24.2. The van der Waals surface area contributed by atoms with E-state index >= 15 is 0 Å². The number of esters is 1. The molecule has 3 N–H and O–H groups in total. The van der Waals surface area contributed by atoms with Crippen LogP contribution in [0.1, 0.15) is 74.5 Å². The maximum Gasteiger partial charge on any atom is 0.341 e. The molecular formula is C25H31N3O3S2. The lowest BCUT2D eigenvalue weighted by Gasteiger charge is -2.33. The Morgan fingerprint density at radius 2 is 1.85 bits per heavy atom. The Bertz CT molecular complexity index is 1280. The molecule has 6 nitrogen and oxygen atoms in total. The van der Waals surface area contributed by atoms with Gasteiger partial charge in [0.15, 0.2) is 0 Å². The first-order valence-electron chi connectivity index (χ1n) is 11.1. The largest absolute Gasteiger partial charge is 0.465 e. The van der Waals surface area contributed by atoms with Gasteiger partial charge in [-0.05, 0) is 68.1 Å². The van der Waals surface area contributed by atoms with Crippen molar-refractivity contribution in [2.24, 2.45) is 11.3 Å². The van der Waals surface area contributed by atoms with E-state index in [1.807, 2.05) is 20.8 Å². The maximum atomic E-state index is 13.3. The highest BCUT2D eigenvalue weighted by atomic mass is 32.1. The lowest BCUT2D eigenvalue weighted by atomic mass is 9.72. The molecule has 3 aromatic heterocycles. The fraction of sp³-hybridized carbons (Fsp3) is 0.480. The molecule has 1 unspecified atom stereocenters. The number of rotatable bonds is 3. The van der Waals surface area contributed by atoms with E-state index in [0.29, 0.717) is 27.0 Å². The average molecular weight is 486 g/mol. The van der Waals surface area contributed by atoms with E-state index in [-0.39, 0.29) is 11.3 Å². The third-order valence-electron chi connectivity index (χ3n) is 6.99.